The maximum absolute atomic E-state index is 13.5. The largest absolute Gasteiger partial charge is 0.497 e. The molecule has 2 saturated heterocycles. The van der Waals surface area contributed by atoms with E-state index in [1.165, 1.54) is 25.7 Å². The first-order chi connectivity index (χ1) is 17.5. The number of H-pyrrole nitrogens is 1. The molecule has 2 amide bonds. The third kappa shape index (κ3) is 4.60. The second kappa shape index (κ2) is 9.28. The molecule has 36 heavy (non-hydrogen) atoms. The summed E-state index contributed by atoms with van der Waals surface area (Å²) in [4.78, 5) is 36.5. The Morgan fingerprint density at radius 1 is 1.06 bits per heavy atom. The number of benzene rings is 2. The Labute approximate surface area is 212 Å². The van der Waals surface area contributed by atoms with E-state index in [2.05, 4.69) is 22.0 Å². The summed E-state index contributed by atoms with van der Waals surface area (Å²) >= 11 is 0. The molecule has 7 nitrogen and oxygen atoms in total. The van der Waals surface area contributed by atoms with E-state index in [-0.39, 0.29) is 24.4 Å². The molecular weight excluding hydrogens is 452 g/mol. The lowest BCUT2D eigenvalue weighted by molar-refractivity contribution is -0.140. The molecule has 2 aliphatic heterocycles. The van der Waals surface area contributed by atoms with Gasteiger partial charge in [0.15, 0.2) is 0 Å². The van der Waals surface area contributed by atoms with Gasteiger partial charge >= 0.3 is 0 Å². The fourth-order valence-electron chi connectivity index (χ4n) is 5.89. The lowest BCUT2D eigenvalue weighted by atomic mass is 9.93. The summed E-state index contributed by atoms with van der Waals surface area (Å²) in [5.74, 6) is 0.634. The van der Waals surface area contributed by atoms with Gasteiger partial charge in [0.1, 0.15) is 18.0 Å². The van der Waals surface area contributed by atoms with Crippen LogP contribution in [0.15, 0.2) is 54.6 Å². The van der Waals surface area contributed by atoms with Gasteiger partial charge in [-0.05, 0) is 74.0 Å². The minimum absolute atomic E-state index is 0.0110. The van der Waals surface area contributed by atoms with Gasteiger partial charge in [0.05, 0.1) is 13.2 Å². The fourth-order valence-corrected chi connectivity index (χ4v) is 5.89. The average Bonchev–Trinajstić information content (AvgIpc) is 3.52. The zero-order valence-electron chi connectivity index (χ0n) is 20.9. The van der Waals surface area contributed by atoms with E-state index in [9.17, 15) is 9.59 Å². The number of piperidine rings is 1. The van der Waals surface area contributed by atoms with Gasteiger partial charge in [-0.3, -0.25) is 9.59 Å². The fraction of sp³-hybridized carbons (Fsp3) is 0.448. The van der Waals surface area contributed by atoms with Gasteiger partial charge in [0.25, 0.3) is 5.91 Å². The number of nitrogens with one attached hydrogen (secondary N) is 1. The van der Waals surface area contributed by atoms with Crippen LogP contribution in [0.4, 0.5) is 0 Å². The van der Waals surface area contributed by atoms with Gasteiger partial charge in [0, 0.05) is 30.5 Å². The van der Waals surface area contributed by atoms with Crippen molar-refractivity contribution in [2.45, 2.75) is 38.3 Å². The van der Waals surface area contributed by atoms with Crippen LogP contribution < -0.4 is 4.74 Å². The highest BCUT2D eigenvalue weighted by molar-refractivity contribution is 6.00. The molecule has 2 aromatic carbocycles. The number of amides is 2. The van der Waals surface area contributed by atoms with Crippen LogP contribution in [0.3, 0.4) is 0 Å². The van der Waals surface area contributed by atoms with Gasteiger partial charge in [-0.25, -0.2) is 0 Å². The molecule has 1 atom stereocenters. The van der Waals surface area contributed by atoms with E-state index in [0.29, 0.717) is 24.2 Å². The molecule has 6 rings (SSSR count). The Bertz CT molecular complexity index is 1260. The van der Waals surface area contributed by atoms with Crippen LogP contribution in [-0.2, 0) is 11.3 Å². The van der Waals surface area contributed by atoms with Crippen LogP contribution in [0.2, 0.25) is 0 Å². The highest BCUT2D eigenvalue weighted by Gasteiger charge is 2.45. The Kier molecular flexibility index (Phi) is 5.96. The Morgan fingerprint density at radius 2 is 1.83 bits per heavy atom. The van der Waals surface area contributed by atoms with Crippen molar-refractivity contribution in [2.24, 2.45) is 5.41 Å². The minimum Gasteiger partial charge on any atom is -0.497 e. The molecule has 7 heteroatoms. The van der Waals surface area contributed by atoms with Crippen molar-refractivity contribution in [1.29, 1.82) is 0 Å². The molecule has 3 aliphatic rings. The topological polar surface area (TPSA) is 68.9 Å². The van der Waals surface area contributed by atoms with Crippen molar-refractivity contribution in [3.63, 3.8) is 0 Å². The predicted molar refractivity (Wildman–Crippen MR) is 139 cm³/mol. The first kappa shape index (κ1) is 23.1. The number of carbonyl (C=O) groups is 2. The zero-order valence-corrected chi connectivity index (χ0v) is 20.9. The molecule has 188 valence electrons. The molecule has 1 saturated carbocycles. The van der Waals surface area contributed by atoms with Crippen molar-refractivity contribution in [1.82, 2.24) is 19.7 Å². The van der Waals surface area contributed by atoms with Crippen LogP contribution in [0.25, 0.3) is 10.9 Å². The first-order valence-electron chi connectivity index (χ1n) is 13.0. The third-order valence-corrected chi connectivity index (χ3v) is 8.40. The third-order valence-electron chi connectivity index (χ3n) is 8.40. The van der Waals surface area contributed by atoms with Crippen molar-refractivity contribution in [2.75, 3.05) is 39.8 Å². The lowest BCUT2D eigenvalue weighted by Gasteiger charge is -2.44. The minimum atomic E-state index is -0.126. The molecule has 3 heterocycles. The van der Waals surface area contributed by atoms with Crippen molar-refractivity contribution < 1.29 is 14.3 Å². The maximum atomic E-state index is 13.5. The monoisotopic (exact) mass is 486 g/mol. The van der Waals surface area contributed by atoms with Gasteiger partial charge in [0.2, 0.25) is 5.91 Å². The number of piperazine rings is 1. The average molecular weight is 487 g/mol. The molecule has 1 spiro atoms. The van der Waals surface area contributed by atoms with Crippen LogP contribution >= 0.6 is 0 Å². The number of fused-ring (bicyclic) bond motifs is 1. The van der Waals surface area contributed by atoms with E-state index in [4.69, 9.17) is 4.74 Å². The van der Waals surface area contributed by atoms with Gasteiger partial charge in [-0.2, -0.15) is 0 Å². The number of hydrogen-bond acceptors (Lipinski definition) is 4. The van der Waals surface area contributed by atoms with Gasteiger partial charge < -0.3 is 24.4 Å². The SMILES string of the molecule is COc1ccc2[nH]c(C(=O)N3CC(=O)N(Cc4ccccc4)[C@H](CN4CCC5(CC4)CC5)C3)cc2c1. The van der Waals surface area contributed by atoms with E-state index >= 15 is 0 Å². The summed E-state index contributed by atoms with van der Waals surface area (Å²) in [6, 6.07) is 17.7. The summed E-state index contributed by atoms with van der Waals surface area (Å²) in [6.45, 7) is 4.20. The number of methoxy groups -OCH3 is 1. The molecule has 1 N–H and O–H groups in total. The normalized spacial score (nSPS) is 21.8. The number of aromatic nitrogens is 1. The van der Waals surface area contributed by atoms with Crippen molar-refractivity contribution >= 4 is 22.7 Å². The first-order valence-corrected chi connectivity index (χ1v) is 13.0. The predicted octanol–water partition coefficient (Wildman–Crippen LogP) is 3.91. The lowest BCUT2D eigenvalue weighted by Crippen LogP contribution is -2.60. The number of ether oxygens (including phenoxy) is 1. The molecule has 3 fully saturated rings. The number of hydrogen-bond donors (Lipinski definition) is 1. The highest BCUT2D eigenvalue weighted by atomic mass is 16.5. The van der Waals surface area contributed by atoms with E-state index in [0.717, 1.165) is 41.9 Å². The number of rotatable bonds is 6. The number of likely N-dealkylation sites (tertiary alicyclic amines) is 1. The zero-order chi connectivity index (χ0) is 24.7. The number of carbonyl (C=O) groups excluding carboxylic acids is 2. The number of aromatic amines is 1. The van der Waals surface area contributed by atoms with Gasteiger partial charge in [-0.15, -0.1) is 0 Å². The summed E-state index contributed by atoms with van der Waals surface area (Å²) in [6.07, 6.45) is 5.27. The summed E-state index contributed by atoms with van der Waals surface area (Å²) in [7, 11) is 1.63. The standard InChI is InChI=1S/C29H34N4O3/c1-36-24-7-8-25-22(15-24)16-26(30-25)28(35)32-19-23(18-31-13-11-29(9-10-29)12-14-31)33(27(34)20-32)17-21-5-3-2-4-6-21/h2-8,15-16,23,30H,9-14,17-20H2,1H3/t23-/m1/s1. The smallest absolute Gasteiger partial charge is 0.270 e. The number of nitrogens with zero attached hydrogens (tertiary/aromatic N) is 3. The molecule has 1 aromatic heterocycles. The Morgan fingerprint density at radius 3 is 2.56 bits per heavy atom. The molecule has 3 aromatic rings. The van der Waals surface area contributed by atoms with Crippen molar-refractivity contribution in [3.05, 3.63) is 65.9 Å². The summed E-state index contributed by atoms with van der Waals surface area (Å²) in [5.41, 5.74) is 3.13. The quantitative estimate of drug-likeness (QED) is 0.574. The van der Waals surface area contributed by atoms with Gasteiger partial charge in [-0.1, -0.05) is 30.3 Å². The Balaban J connectivity index is 1.22. The van der Waals surface area contributed by atoms with E-state index in [1.807, 2.05) is 47.4 Å². The highest BCUT2D eigenvalue weighted by Crippen LogP contribution is 2.53. The van der Waals surface area contributed by atoms with E-state index in [1.54, 1.807) is 12.0 Å². The van der Waals surface area contributed by atoms with Crippen LogP contribution in [0, 0.1) is 5.41 Å². The molecular formula is C29H34N4O3. The second-order valence-corrected chi connectivity index (χ2v) is 10.8. The summed E-state index contributed by atoms with van der Waals surface area (Å²) < 4.78 is 5.32. The summed E-state index contributed by atoms with van der Waals surface area (Å²) in [5, 5.41) is 0.922. The molecule has 0 unspecified atom stereocenters. The molecule has 0 radical (unpaired) electrons. The molecule has 0 bridgehead atoms. The van der Waals surface area contributed by atoms with Crippen LogP contribution in [0.5, 0.6) is 5.75 Å². The maximum Gasteiger partial charge on any atom is 0.270 e. The Hall–Kier alpha value is -3.32. The van der Waals surface area contributed by atoms with E-state index < -0.39 is 0 Å². The van der Waals surface area contributed by atoms with Crippen LogP contribution in [0.1, 0.15) is 41.7 Å². The van der Waals surface area contributed by atoms with Crippen molar-refractivity contribution in [3.8, 4) is 5.75 Å². The van der Waals surface area contributed by atoms with Crippen LogP contribution in [-0.4, -0.2) is 77.4 Å². The second-order valence-electron chi connectivity index (χ2n) is 10.8. The molecule has 1 aliphatic carbocycles.